The predicted molar refractivity (Wildman–Crippen MR) is 119 cm³/mol. The lowest BCUT2D eigenvalue weighted by Gasteiger charge is -2.32. The minimum Gasteiger partial charge on any atom is -0.465 e. The van der Waals surface area contributed by atoms with Crippen LogP contribution in [0, 0.1) is 6.92 Å². The lowest BCUT2D eigenvalue weighted by molar-refractivity contribution is -0.115. The van der Waals surface area contributed by atoms with E-state index in [1.54, 1.807) is 11.0 Å². The van der Waals surface area contributed by atoms with Crippen molar-refractivity contribution in [2.75, 3.05) is 5.32 Å². The second-order valence-corrected chi connectivity index (χ2v) is 10.5. The van der Waals surface area contributed by atoms with E-state index in [2.05, 4.69) is 10.5 Å². The second-order valence-electron chi connectivity index (χ2n) is 10.5. The van der Waals surface area contributed by atoms with Gasteiger partial charge in [-0.3, -0.25) is 9.69 Å². The minimum atomic E-state index is -0.827. The molecular formula is C23H33N5O4. The SMILES string of the molecule is Cc1cc(CC(=O)Nc2cc([C@H]3CC[C@@H](N(C(=O)O)C4(C)CC4)C3)nn2C(C)(C)C)on1. The van der Waals surface area contributed by atoms with Gasteiger partial charge in [-0.2, -0.15) is 5.10 Å². The van der Waals surface area contributed by atoms with E-state index >= 15 is 0 Å². The molecule has 2 fully saturated rings. The Bertz CT molecular complexity index is 1010. The number of hydrogen-bond donors (Lipinski definition) is 2. The van der Waals surface area contributed by atoms with Crippen molar-refractivity contribution >= 4 is 17.8 Å². The fourth-order valence-corrected chi connectivity index (χ4v) is 4.75. The topological polar surface area (TPSA) is 113 Å². The van der Waals surface area contributed by atoms with E-state index in [1.807, 2.05) is 45.4 Å². The van der Waals surface area contributed by atoms with Crippen LogP contribution in [-0.4, -0.2) is 48.5 Å². The van der Waals surface area contributed by atoms with Crippen molar-refractivity contribution in [1.29, 1.82) is 0 Å². The molecule has 0 aromatic carbocycles. The van der Waals surface area contributed by atoms with Gasteiger partial charge < -0.3 is 14.9 Å². The van der Waals surface area contributed by atoms with Gasteiger partial charge >= 0.3 is 6.09 Å². The molecule has 2 atom stereocenters. The smallest absolute Gasteiger partial charge is 0.408 e. The summed E-state index contributed by atoms with van der Waals surface area (Å²) in [6.45, 7) is 9.96. The van der Waals surface area contributed by atoms with Crippen LogP contribution >= 0.6 is 0 Å². The monoisotopic (exact) mass is 443 g/mol. The number of hydrogen-bond acceptors (Lipinski definition) is 5. The van der Waals surface area contributed by atoms with Crippen molar-refractivity contribution in [1.82, 2.24) is 19.8 Å². The molecule has 9 nitrogen and oxygen atoms in total. The molecule has 0 saturated heterocycles. The molecule has 0 bridgehead atoms. The first kappa shape index (κ1) is 22.4. The number of nitrogens with zero attached hydrogens (tertiary/aromatic N) is 4. The fraction of sp³-hybridized carbons (Fsp3) is 0.652. The number of carbonyl (C=O) groups is 2. The highest BCUT2D eigenvalue weighted by Crippen LogP contribution is 2.47. The van der Waals surface area contributed by atoms with Crippen LogP contribution in [0.3, 0.4) is 0 Å². The first-order valence-electron chi connectivity index (χ1n) is 11.3. The van der Waals surface area contributed by atoms with Gasteiger partial charge in [-0.1, -0.05) is 5.16 Å². The molecule has 2 aliphatic rings. The fourth-order valence-electron chi connectivity index (χ4n) is 4.75. The van der Waals surface area contributed by atoms with Gasteiger partial charge in [0.1, 0.15) is 11.6 Å². The number of amides is 2. The molecule has 2 heterocycles. The lowest BCUT2D eigenvalue weighted by Crippen LogP contribution is -2.45. The van der Waals surface area contributed by atoms with Crippen molar-refractivity contribution in [3.63, 3.8) is 0 Å². The van der Waals surface area contributed by atoms with E-state index in [9.17, 15) is 14.7 Å². The number of rotatable bonds is 6. The summed E-state index contributed by atoms with van der Waals surface area (Å²) in [6.07, 6.45) is 3.61. The van der Waals surface area contributed by atoms with Crippen molar-refractivity contribution < 1.29 is 19.2 Å². The Morgan fingerprint density at radius 2 is 2.03 bits per heavy atom. The maximum absolute atomic E-state index is 12.6. The van der Waals surface area contributed by atoms with Crippen LogP contribution in [0.1, 0.15) is 82.9 Å². The molecule has 2 saturated carbocycles. The van der Waals surface area contributed by atoms with Gasteiger partial charge in [0.05, 0.1) is 23.3 Å². The van der Waals surface area contributed by atoms with Crippen LogP contribution < -0.4 is 5.32 Å². The van der Waals surface area contributed by atoms with E-state index in [0.29, 0.717) is 11.6 Å². The van der Waals surface area contributed by atoms with Crippen LogP contribution in [0.15, 0.2) is 16.7 Å². The lowest BCUT2D eigenvalue weighted by atomic mass is 10.0. The zero-order chi connectivity index (χ0) is 23.3. The maximum Gasteiger partial charge on any atom is 0.408 e. The number of aryl methyl sites for hydroxylation is 1. The molecule has 2 amide bonds. The number of carboxylic acid groups (broad SMARTS) is 1. The maximum atomic E-state index is 12.6. The van der Waals surface area contributed by atoms with Gasteiger partial charge in [0.25, 0.3) is 0 Å². The molecule has 0 unspecified atom stereocenters. The third-order valence-electron chi connectivity index (χ3n) is 6.59. The molecule has 174 valence electrons. The summed E-state index contributed by atoms with van der Waals surface area (Å²) >= 11 is 0. The Hall–Kier alpha value is -2.84. The van der Waals surface area contributed by atoms with Crippen molar-refractivity contribution in [2.45, 2.75) is 96.2 Å². The second kappa shape index (κ2) is 7.94. The van der Waals surface area contributed by atoms with E-state index in [0.717, 1.165) is 43.5 Å². The summed E-state index contributed by atoms with van der Waals surface area (Å²) in [4.78, 5) is 26.2. The Balaban J connectivity index is 1.50. The molecule has 4 rings (SSSR count). The third-order valence-corrected chi connectivity index (χ3v) is 6.59. The normalized spacial score (nSPS) is 22.0. The average molecular weight is 444 g/mol. The Morgan fingerprint density at radius 1 is 1.31 bits per heavy atom. The van der Waals surface area contributed by atoms with Crippen LogP contribution in [0.25, 0.3) is 0 Å². The summed E-state index contributed by atoms with van der Waals surface area (Å²) in [7, 11) is 0. The molecule has 2 aliphatic carbocycles. The molecule has 0 radical (unpaired) electrons. The zero-order valence-corrected chi connectivity index (χ0v) is 19.5. The van der Waals surface area contributed by atoms with Gasteiger partial charge in [-0.25, -0.2) is 9.48 Å². The summed E-state index contributed by atoms with van der Waals surface area (Å²) in [5.41, 5.74) is 1.10. The van der Waals surface area contributed by atoms with Gasteiger partial charge in [-0.15, -0.1) is 0 Å². The molecule has 2 aromatic heterocycles. The van der Waals surface area contributed by atoms with Gasteiger partial charge in [0.2, 0.25) is 5.91 Å². The Kier molecular flexibility index (Phi) is 5.55. The molecule has 32 heavy (non-hydrogen) atoms. The molecule has 9 heteroatoms. The highest BCUT2D eigenvalue weighted by atomic mass is 16.5. The van der Waals surface area contributed by atoms with E-state index in [-0.39, 0.29) is 35.4 Å². The van der Waals surface area contributed by atoms with Crippen molar-refractivity contribution in [2.24, 2.45) is 0 Å². The van der Waals surface area contributed by atoms with Crippen LogP contribution in [-0.2, 0) is 16.8 Å². The number of anilines is 1. The molecule has 2 N–H and O–H groups in total. The molecule has 0 spiro atoms. The van der Waals surface area contributed by atoms with E-state index in [4.69, 9.17) is 9.62 Å². The Morgan fingerprint density at radius 3 is 2.59 bits per heavy atom. The van der Waals surface area contributed by atoms with Gasteiger partial charge in [0.15, 0.2) is 0 Å². The van der Waals surface area contributed by atoms with Crippen LogP contribution in [0.5, 0.6) is 0 Å². The minimum absolute atomic E-state index is 0.0116. The van der Waals surface area contributed by atoms with Crippen LogP contribution in [0.4, 0.5) is 10.6 Å². The largest absolute Gasteiger partial charge is 0.465 e. The number of nitrogens with one attached hydrogen (secondary N) is 1. The predicted octanol–water partition coefficient (Wildman–Crippen LogP) is 4.28. The third kappa shape index (κ3) is 4.52. The van der Waals surface area contributed by atoms with E-state index in [1.165, 1.54) is 0 Å². The number of carbonyl (C=O) groups excluding carboxylic acids is 1. The summed E-state index contributed by atoms with van der Waals surface area (Å²) in [5.74, 6) is 1.13. The summed E-state index contributed by atoms with van der Waals surface area (Å²) in [5, 5.41) is 21.4. The number of aromatic nitrogens is 3. The first-order chi connectivity index (χ1) is 15.0. The standard InChI is InChI=1S/C23H33N5O4/c1-14-10-17(32-26-14)12-20(29)24-19-13-18(25-28(19)22(2,3)4)15-6-7-16(11-15)27(21(30)31)23(5)8-9-23/h10,13,15-16H,6-9,11-12H2,1-5H3,(H,24,29)(H,30,31)/t15-,16+/m0/s1. The van der Waals surface area contributed by atoms with Crippen molar-refractivity contribution in [3.8, 4) is 0 Å². The molecular weight excluding hydrogens is 410 g/mol. The van der Waals surface area contributed by atoms with Crippen molar-refractivity contribution in [3.05, 3.63) is 29.3 Å². The Labute approximate surface area is 188 Å². The van der Waals surface area contributed by atoms with Crippen LogP contribution in [0.2, 0.25) is 0 Å². The van der Waals surface area contributed by atoms with E-state index < -0.39 is 6.09 Å². The molecule has 0 aliphatic heterocycles. The highest BCUT2D eigenvalue weighted by molar-refractivity contribution is 5.91. The van der Waals surface area contributed by atoms with Gasteiger partial charge in [-0.05, 0) is 66.7 Å². The first-order valence-corrected chi connectivity index (χ1v) is 11.3. The highest BCUT2D eigenvalue weighted by Gasteiger charge is 2.50. The molecule has 2 aromatic rings. The van der Waals surface area contributed by atoms with Gasteiger partial charge in [0, 0.05) is 29.6 Å². The summed E-state index contributed by atoms with van der Waals surface area (Å²) in [6, 6.07) is 3.70. The quantitative estimate of drug-likeness (QED) is 0.689. The summed E-state index contributed by atoms with van der Waals surface area (Å²) < 4.78 is 7.00. The zero-order valence-electron chi connectivity index (χ0n) is 19.5. The average Bonchev–Trinajstić information content (AvgIpc) is 3.07.